The van der Waals surface area contributed by atoms with E-state index >= 15 is 0 Å². The first-order valence-electron chi connectivity index (χ1n) is 8.08. The number of carbonyl (C=O) groups excluding carboxylic acids is 1. The van der Waals surface area contributed by atoms with E-state index in [9.17, 15) is 4.79 Å². The van der Waals surface area contributed by atoms with Crippen molar-refractivity contribution in [1.29, 1.82) is 0 Å². The Hall–Kier alpha value is -1.46. The van der Waals surface area contributed by atoms with Gasteiger partial charge < -0.3 is 5.32 Å². The lowest BCUT2D eigenvalue weighted by molar-refractivity contribution is -0.123. The maximum absolute atomic E-state index is 12.4. The molecule has 1 aromatic carbocycles. The Morgan fingerprint density at radius 3 is 2.86 bits per heavy atom. The van der Waals surface area contributed by atoms with Crippen LogP contribution in [0.25, 0.3) is 10.2 Å². The molecule has 3 fully saturated rings. The molecule has 116 valence electrons. The van der Waals surface area contributed by atoms with E-state index in [1.807, 2.05) is 18.2 Å². The zero-order chi connectivity index (χ0) is 15.1. The van der Waals surface area contributed by atoms with Crippen LogP contribution in [0.15, 0.2) is 24.3 Å². The van der Waals surface area contributed by atoms with Crippen molar-refractivity contribution in [2.45, 2.75) is 38.3 Å². The Morgan fingerprint density at radius 2 is 2.14 bits per heavy atom. The molecule has 3 aliphatic rings. The van der Waals surface area contributed by atoms with Gasteiger partial charge in [0.1, 0.15) is 5.01 Å². The molecule has 4 nitrogen and oxygen atoms in total. The largest absolute Gasteiger partial charge is 0.351 e. The molecule has 0 radical (unpaired) electrons. The summed E-state index contributed by atoms with van der Waals surface area (Å²) in [5.74, 6) is 0.768. The molecule has 2 bridgehead atoms. The minimum absolute atomic E-state index is 0.115. The Balaban J connectivity index is 1.44. The van der Waals surface area contributed by atoms with E-state index in [1.54, 1.807) is 11.3 Å². The molecule has 5 heteroatoms. The summed E-state index contributed by atoms with van der Waals surface area (Å²) in [5.41, 5.74) is 0.992. The predicted octanol–water partition coefficient (Wildman–Crippen LogP) is 2.44. The molecule has 0 saturated carbocycles. The topological polar surface area (TPSA) is 45.2 Å². The summed E-state index contributed by atoms with van der Waals surface area (Å²) < 4.78 is 1.15. The molecule has 5 rings (SSSR count). The molecule has 1 N–H and O–H groups in total. The van der Waals surface area contributed by atoms with Crippen LogP contribution in [0.1, 0.15) is 24.8 Å². The van der Waals surface area contributed by atoms with Crippen molar-refractivity contribution in [3.63, 3.8) is 0 Å². The average molecular weight is 315 g/mol. The monoisotopic (exact) mass is 315 g/mol. The highest BCUT2D eigenvalue weighted by atomic mass is 32.1. The zero-order valence-corrected chi connectivity index (χ0v) is 13.6. The number of nitrogens with one attached hydrogen (secondary N) is 1. The summed E-state index contributed by atoms with van der Waals surface area (Å²) in [6, 6.07) is 8.84. The number of thiazole rings is 1. The summed E-state index contributed by atoms with van der Waals surface area (Å²) in [6.45, 7) is 4.63. The van der Waals surface area contributed by atoms with Gasteiger partial charge in [0, 0.05) is 12.1 Å². The Kier molecular flexibility index (Phi) is 3.62. The Morgan fingerprint density at radius 1 is 1.36 bits per heavy atom. The number of piperidine rings is 3. The lowest BCUT2D eigenvalue weighted by Crippen LogP contribution is -2.62. The summed E-state index contributed by atoms with van der Waals surface area (Å²) in [7, 11) is 0. The average Bonchev–Trinajstić information content (AvgIpc) is 2.93. The maximum atomic E-state index is 12.4. The van der Waals surface area contributed by atoms with E-state index in [1.165, 1.54) is 25.9 Å². The van der Waals surface area contributed by atoms with E-state index in [-0.39, 0.29) is 5.91 Å². The van der Waals surface area contributed by atoms with Crippen LogP contribution < -0.4 is 5.32 Å². The van der Waals surface area contributed by atoms with Crippen molar-refractivity contribution in [2.24, 2.45) is 5.92 Å². The van der Waals surface area contributed by atoms with Gasteiger partial charge >= 0.3 is 0 Å². The first kappa shape index (κ1) is 14.2. The Bertz CT molecular complexity index is 655. The molecule has 4 heterocycles. The van der Waals surface area contributed by atoms with Gasteiger partial charge in [-0.1, -0.05) is 12.1 Å². The third-order valence-electron chi connectivity index (χ3n) is 5.16. The molecule has 2 aromatic rings. The smallest absolute Gasteiger partial charge is 0.227 e. The SMILES string of the molecule is C[C@@H]1[C@H](NC(=O)Cc2nc3ccccc3s2)C2CCN1CC2. The molecule has 3 aliphatic heterocycles. The van der Waals surface area contributed by atoms with Crippen molar-refractivity contribution in [3.05, 3.63) is 29.3 Å². The summed E-state index contributed by atoms with van der Waals surface area (Å²) >= 11 is 1.62. The first-order valence-corrected chi connectivity index (χ1v) is 8.90. The van der Waals surface area contributed by atoms with E-state index in [0.29, 0.717) is 24.4 Å². The molecule has 3 saturated heterocycles. The molecule has 1 amide bonds. The second kappa shape index (κ2) is 5.63. The van der Waals surface area contributed by atoms with E-state index in [0.717, 1.165) is 15.2 Å². The number of amides is 1. The summed E-state index contributed by atoms with van der Waals surface area (Å²) in [5, 5.41) is 4.19. The third-order valence-corrected chi connectivity index (χ3v) is 6.19. The third kappa shape index (κ3) is 2.52. The van der Waals surface area contributed by atoms with Crippen LogP contribution in [-0.2, 0) is 11.2 Å². The van der Waals surface area contributed by atoms with Crippen LogP contribution in [0.5, 0.6) is 0 Å². The minimum Gasteiger partial charge on any atom is -0.351 e. The number of benzene rings is 1. The van der Waals surface area contributed by atoms with Crippen LogP contribution in [0.2, 0.25) is 0 Å². The fraction of sp³-hybridized carbons (Fsp3) is 0.529. The van der Waals surface area contributed by atoms with Gasteiger partial charge in [-0.15, -0.1) is 11.3 Å². The van der Waals surface area contributed by atoms with Gasteiger partial charge in [-0.05, 0) is 50.9 Å². The number of hydrogen-bond acceptors (Lipinski definition) is 4. The molecule has 0 unspecified atom stereocenters. The number of para-hydroxylation sites is 1. The Labute approximate surface area is 134 Å². The minimum atomic E-state index is 0.115. The lowest BCUT2D eigenvalue weighted by atomic mass is 9.79. The normalized spacial score (nSPS) is 30.6. The zero-order valence-electron chi connectivity index (χ0n) is 12.8. The van der Waals surface area contributed by atoms with Crippen molar-refractivity contribution in [3.8, 4) is 0 Å². The fourth-order valence-electron chi connectivity index (χ4n) is 3.92. The van der Waals surface area contributed by atoms with Crippen molar-refractivity contribution >= 4 is 27.5 Å². The van der Waals surface area contributed by atoms with E-state index in [4.69, 9.17) is 0 Å². The second-order valence-corrected chi connectivity index (χ2v) is 7.57. The summed E-state index contributed by atoms with van der Waals surface area (Å²) in [4.78, 5) is 19.5. The highest BCUT2D eigenvalue weighted by molar-refractivity contribution is 7.18. The van der Waals surface area contributed by atoms with Gasteiger partial charge in [-0.2, -0.15) is 0 Å². The maximum Gasteiger partial charge on any atom is 0.227 e. The van der Waals surface area contributed by atoms with Crippen molar-refractivity contribution < 1.29 is 4.79 Å². The number of carbonyl (C=O) groups is 1. The number of aromatic nitrogens is 1. The molecule has 0 aliphatic carbocycles. The molecular formula is C17H21N3OS. The van der Waals surface area contributed by atoms with Crippen LogP contribution in [0.4, 0.5) is 0 Å². The lowest BCUT2D eigenvalue weighted by Gasteiger charge is -2.49. The van der Waals surface area contributed by atoms with Crippen molar-refractivity contribution in [1.82, 2.24) is 15.2 Å². The van der Waals surface area contributed by atoms with Gasteiger partial charge in [-0.25, -0.2) is 4.98 Å². The van der Waals surface area contributed by atoms with Crippen LogP contribution in [0, 0.1) is 5.92 Å². The van der Waals surface area contributed by atoms with Crippen molar-refractivity contribution in [2.75, 3.05) is 13.1 Å². The molecule has 22 heavy (non-hydrogen) atoms. The quantitative estimate of drug-likeness (QED) is 0.946. The molecular weight excluding hydrogens is 294 g/mol. The highest BCUT2D eigenvalue weighted by Gasteiger charge is 2.40. The number of rotatable bonds is 3. The molecule has 2 atom stereocenters. The highest BCUT2D eigenvalue weighted by Crippen LogP contribution is 2.32. The first-order chi connectivity index (χ1) is 10.7. The van der Waals surface area contributed by atoms with E-state index in [2.05, 4.69) is 28.2 Å². The second-order valence-electron chi connectivity index (χ2n) is 6.46. The molecule has 0 spiro atoms. The van der Waals surface area contributed by atoms with Gasteiger partial charge in [0.15, 0.2) is 0 Å². The predicted molar refractivity (Wildman–Crippen MR) is 89.0 cm³/mol. The number of hydrogen-bond donors (Lipinski definition) is 1. The summed E-state index contributed by atoms with van der Waals surface area (Å²) in [6.07, 6.45) is 2.84. The van der Waals surface area contributed by atoms with Gasteiger partial charge in [0.2, 0.25) is 5.91 Å². The van der Waals surface area contributed by atoms with Gasteiger partial charge in [0.05, 0.1) is 16.6 Å². The van der Waals surface area contributed by atoms with Crippen LogP contribution >= 0.6 is 11.3 Å². The van der Waals surface area contributed by atoms with Crippen LogP contribution in [0.3, 0.4) is 0 Å². The van der Waals surface area contributed by atoms with E-state index < -0.39 is 0 Å². The van der Waals surface area contributed by atoms with Gasteiger partial charge in [0.25, 0.3) is 0 Å². The molecule has 1 aromatic heterocycles. The van der Waals surface area contributed by atoms with Gasteiger partial charge in [-0.3, -0.25) is 9.69 Å². The standard InChI is InChI=1S/C17H21N3OS/c1-11-17(12-6-8-20(11)9-7-12)19-15(21)10-16-18-13-4-2-3-5-14(13)22-16/h2-5,11-12,17H,6-10H2,1H3,(H,19,21)/t11-,17+/m1/s1. The number of nitrogens with zero attached hydrogens (tertiary/aromatic N) is 2. The van der Waals surface area contributed by atoms with Crippen LogP contribution in [-0.4, -0.2) is 41.0 Å². The number of fused-ring (bicyclic) bond motifs is 4. The fourth-order valence-corrected chi connectivity index (χ4v) is 4.88.